The lowest BCUT2D eigenvalue weighted by Crippen LogP contribution is -2.23. The molecule has 21 heavy (non-hydrogen) atoms. The summed E-state index contributed by atoms with van der Waals surface area (Å²) in [7, 11) is 0. The van der Waals surface area contributed by atoms with E-state index >= 15 is 0 Å². The van der Waals surface area contributed by atoms with Crippen LogP contribution in [0.25, 0.3) is 0 Å². The highest BCUT2D eigenvalue weighted by Gasteiger charge is 2.14. The summed E-state index contributed by atoms with van der Waals surface area (Å²) >= 11 is 3.46. The van der Waals surface area contributed by atoms with Crippen LogP contribution in [0.1, 0.15) is 22.8 Å². The van der Waals surface area contributed by atoms with E-state index in [1.807, 2.05) is 32.0 Å². The molecule has 2 aromatic rings. The summed E-state index contributed by atoms with van der Waals surface area (Å²) < 4.78 is 6.68. The SMILES string of the molecule is CCNC(=O)c1ccc(N)cc1Oc1ccc(C)cc1Br. The van der Waals surface area contributed by atoms with E-state index in [9.17, 15) is 4.79 Å². The van der Waals surface area contributed by atoms with Gasteiger partial charge in [-0.05, 0) is 59.6 Å². The number of ether oxygens (including phenoxy) is 1. The number of nitrogen functional groups attached to an aromatic ring is 1. The lowest BCUT2D eigenvalue weighted by Gasteiger charge is -2.13. The largest absolute Gasteiger partial charge is 0.455 e. The number of hydrogen-bond acceptors (Lipinski definition) is 3. The Hall–Kier alpha value is -2.01. The molecule has 1 amide bonds. The average Bonchev–Trinajstić information content (AvgIpc) is 2.42. The van der Waals surface area contributed by atoms with Crippen LogP contribution in [0.4, 0.5) is 5.69 Å². The number of amides is 1. The van der Waals surface area contributed by atoms with Crippen LogP contribution in [0.2, 0.25) is 0 Å². The van der Waals surface area contributed by atoms with Crippen molar-refractivity contribution < 1.29 is 9.53 Å². The molecule has 3 N–H and O–H groups in total. The van der Waals surface area contributed by atoms with Gasteiger partial charge in [0.2, 0.25) is 0 Å². The van der Waals surface area contributed by atoms with Gasteiger partial charge in [0.15, 0.2) is 0 Å². The molecule has 0 saturated carbocycles. The molecular weight excluding hydrogens is 332 g/mol. The molecule has 110 valence electrons. The number of nitrogens with two attached hydrogens (primary N) is 1. The van der Waals surface area contributed by atoms with Crippen LogP contribution >= 0.6 is 15.9 Å². The molecule has 0 aliphatic rings. The number of carbonyl (C=O) groups excluding carboxylic acids is 1. The third-order valence-electron chi connectivity index (χ3n) is 2.89. The van der Waals surface area contributed by atoms with Crippen molar-refractivity contribution in [2.24, 2.45) is 0 Å². The van der Waals surface area contributed by atoms with Crippen molar-refractivity contribution >= 4 is 27.5 Å². The Kier molecular flexibility index (Phi) is 4.85. The fraction of sp³-hybridized carbons (Fsp3) is 0.188. The Morgan fingerprint density at radius 1 is 1.24 bits per heavy atom. The van der Waals surface area contributed by atoms with Crippen molar-refractivity contribution in [3.8, 4) is 11.5 Å². The van der Waals surface area contributed by atoms with Gasteiger partial charge in [0.05, 0.1) is 10.0 Å². The van der Waals surface area contributed by atoms with Crippen LogP contribution in [0.15, 0.2) is 40.9 Å². The molecule has 4 nitrogen and oxygen atoms in total. The Morgan fingerprint density at radius 2 is 2.00 bits per heavy atom. The van der Waals surface area contributed by atoms with Gasteiger partial charge in [-0.3, -0.25) is 4.79 Å². The van der Waals surface area contributed by atoms with Crippen molar-refractivity contribution in [2.45, 2.75) is 13.8 Å². The molecule has 0 saturated heterocycles. The van der Waals surface area contributed by atoms with Crippen molar-refractivity contribution in [3.63, 3.8) is 0 Å². The van der Waals surface area contributed by atoms with Gasteiger partial charge in [0, 0.05) is 18.3 Å². The second-order valence-electron chi connectivity index (χ2n) is 4.65. The maximum absolute atomic E-state index is 12.1. The van der Waals surface area contributed by atoms with E-state index in [-0.39, 0.29) is 5.91 Å². The van der Waals surface area contributed by atoms with Gasteiger partial charge in [-0.2, -0.15) is 0 Å². The van der Waals surface area contributed by atoms with Crippen molar-refractivity contribution in [1.29, 1.82) is 0 Å². The molecule has 5 heteroatoms. The Labute approximate surface area is 132 Å². The van der Waals surface area contributed by atoms with Gasteiger partial charge in [0.1, 0.15) is 11.5 Å². The Balaban J connectivity index is 2.38. The Morgan fingerprint density at radius 3 is 2.67 bits per heavy atom. The second kappa shape index (κ2) is 6.63. The molecule has 2 aromatic carbocycles. The second-order valence-corrected chi connectivity index (χ2v) is 5.51. The smallest absolute Gasteiger partial charge is 0.255 e. The first-order valence-corrected chi connectivity index (χ1v) is 7.42. The van der Waals surface area contributed by atoms with E-state index in [2.05, 4.69) is 21.2 Å². The molecule has 0 aromatic heterocycles. The first-order valence-electron chi connectivity index (χ1n) is 6.63. The number of aryl methyl sites for hydroxylation is 1. The molecule has 0 radical (unpaired) electrons. The average molecular weight is 349 g/mol. The fourth-order valence-electron chi connectivity index (χ4n) is 1.87. The zero-order valence-electron chi connectivity index (χ0n) is 11.9. The van der Waals surface area contributed by atoms with Gasteiger partial charge in [0.25, 0.3) is 5.91 Å². The minimum absolute atomic E-state index is 0.185. The fourth-order valence-corrected chi connectivity index (χ4v) is 2.45. The van der Waals surface area contributed by atoms with E-state index in [0.717, 1.165) is 10.0 Å². The molecule has 0 unspecified atom stereocenters. The third-order valence-corrected chi connectivity index (χ3v) is 3.51. The predicted octanol–water partition coefficient (Wildman–Crippen LogP) is 3.88. The summed E-state index contributed by atoms with van der Waals surface area (Å²) in [6.07, 6.45) is 0. The summed E-state index contributed by atoms with van der Waals surface area (Å²) in [6.45, 7) is 4.42. The van der Waals surface area contributed by atoms with Gasteiger partial charge in [-0.1, -0.05) is 6.07 Å². The number of carbonyl (C=O) groups is 1. The molecule has 0 bridgehead atoms. The standard InChI is InChI=1S/C16H17BrN2O2/c1-3-19-16(20)12-6-5-11(18)9-15(12)21-14-7-4-10(2)8-13(14)17/h4-9H,3,18H2,1-2H3,(H,19,20). The zero-order valence-corrected chi connectivity index (χ0v) is 13.5. The highest BCUT2D eigenvalue weighted by molar-refractivity contribution is 9.10. The molecule has 0 fully saturated rings. The third kappa shape index (κ3) is 3.76. The molecule has 0 spiro atoms. The summed E-state index contributed by atoms with van der Waals surface area (Å²) in [5.74, 6) is 0.887. The molecule has 0 heterocycles. The number of rotatable bonds is 4. The normalized spacial score (nSPS) is 10.2. The summed E-state index contributed by atoms with van der Waals surface area (Å²) in [5.41, 5.74) is 7.91. The van der Waals surface area contributed by atoms with E-state index in [0.29, 0.717) is 29.3 Å². The van der Waals surface area contributed by atoms with E-state index in [1.165, 1.54) is 0 Å². The monoisotopic (exact) mass is 348 g/mol. The molecular formula is C16H17BrN2O2. The van der Waals surface area contributed by atoms with E-state index in [4.69, 9.17) is 10.5 Å². The van der Waals surface area contributed by atoms with Crippen LogP contribution in [-0.4, -0.2) is 12.5 Å². The van der Waals surface area contributed by atoms with Gasteiger partial charge in [-0.25, -0.2) is 0 Å². The highest BCUT2D eigenvalue weighted by Crippen LogP contribution is 2.33. The number of nitrogens with one attached hydrogen (secondary N) is 1. The highest BCUT2D eigenvalue weighted by atomic mass is 79.9. The maximum atomic E-state index is 12.1. The first-order chi connectivity index (χ1) is 10.0. The van der Waals surface area contributed by atoms with Gasteiger partial charge >= 0.3 is 0 Å². The quantitative estimate of drug-likeness (QED) is 0.824. The number of halogens is 1. The van der Waals surface area contributed by atoms with Crippen LogP contribution in [0, 0.1) is 6.92 Å². The van der Waals surface area contributed by atoms with Crippen LogP contribution in [0.3, 0.4) is 0 Å². The van der Waals surface area contributed by atoms with Crippen molar-refractivity contribution in [1.82, 2.24) is 5.32 Å². The van der Waals surface area contributed by atoms with E-state index in [1.54, 1.807) is 18.2 Å². The number of benzene rings is 2. The topological polar surface area (TPSA) is 64.4 Å². The number of anilines is 1. The lowest BCUT2D eigenvalue weighted by atomic mass is 10.1. The molecule has 0 aliphatic heterocycles. The first kappa shape index (κ1) is 15.4. The minimum Gasteiger partial charge on any atom is -0.455 e. The van der Waals surface area contributed by atoms with Crippen molar-refractivity contribution in [3.05, 3.63) is 52.0 Å². The summed E-state index contributed by atoms with van der Waals surface area (Å²) in [5, 5.41) is 2.76. The van der Waals surface area contributed by atoms with Crippen molar-refractivity contribution in [2.75, 3.05) is 12.3 Å². The zero-order chi connectivity index (χ0) is 15.4. The van der Waals surface area contributed by atoms with Crippen LogP contribution in [-0.2, 0) is 0 Å². The lowest BCUT2D eigenvalue weighted by molar-refractivity contribution is 0.0953. The van der Waals surface area contributed by atoms with Gasteiger partial charge < -0.3 is 15.8 Å². The van der Waals surface area contributed by atoms with Crippen LogP contribution in [0.5, 0.6) is 11.5 Å². The molecule has 2 rings (SSSR count). The minimum atomic E-state index is -0.185. The van der Waals surface area contributed by atoms with E-state index < -0.39 is 0 Å². The predicted molar refractivity (Wildman–Crippen MR) is 87.8 cm³/mol. The number of hydrogen-bond donors (Lipinski definition) is 2. The summed E-state index contributed by atoms with van der Waals surface area (Å²) in [6, 6.07) is 10.7. The Bertz CT molecular complexity index is 671. The molecule has 0 aliphatic carbocycles. The van der Waals surface area contributed by atoms with Crippen LogP contribution < -0.4 is 15.8 Å². The molecule has 0 atom stereocenters. The maximum Gasteiger partial charge on any atom is 0.255 e. The van der Waals surface area contributed by atoms with Gasteiger partial charge in [-0.15, -0.1) is 0 Å². The summed E-state index contributed by atoms with van der Waals surface area (Å²) in [4.78, 5) is 12.1.